The molecule has 1 aliphatic heterocycles. The molecular formula is C14H21N3O2. The molecule has 1 fully saturated rings. The van der Waals surface area contributed by atoms with Gasteiger partial charge in [0.05, 0.1) is 5.69 Å². The topological polar surface area (TPSA) is 66.3 Å². The molecule has 1 aromatic rings. The number of nitrogens with zero attached hydrogens (tertiary/aromatic N) is 3. The van der Waals surface area contributed by atoms with Crippen LogP contribution in [0.1, 0.15) is 38.3 Å². The Morgan fingerprint density at radius 2 is 2.32 bits per heavy atom. The van der Waals surface area contributed by atoms with Crippen molar-refractivity contribution in [3.63, 3.8) is 0 Å². The highest BCUT2D eigenvalue weighted by Gasteiger charge is 2.24. The molecule has 0 spiro atoms. The summed E-state index contributed by atoms with van der Waals surface area (Å²) >= 11 is 0. The van der Waals surface area contributed by atoms with Crippen molar-refractivity contribution in [1.29, 1.82) is 0 Å². The monoisotopic (exact) mass is 263 g/mol. The first-order valence-corrected chi connectivity index (χ1v) is 6.98. The Balaban J connectivity index is 1.87. The van der Waals surface area contributed by atoms with E-state index >= 15 is 0 Å². The van der Waals surface area contributed by atoms with Crippen molar-refractivity contribution in [2.75, 3.05) is 18.0 Å². The van der Waals surface area contributed by atoms with Crippen LogP contribution in [0.15, 0.2) is 12.1 Å². The van der Waals surface area contributed by atoms with Crippen molar-refractivity contribution < 1.29 is 9.90 Å². The Morgan fingerprint density at radius 3 is 2.95 bits per heavy atom. The summed E-state index contributed by atoms with van der Waals surface area (Å²) in [6.45, 7) is 3.98. The zero-order chi connectivity index (χ0) is 13.7. The van der Waals surface area contributed by atoms with Gasteiger partial charge in [-0.25, -0.2) is 0 Å². The van der Waals surface area contributed by atoms with E-state index in [9.17, 15) is 4.79 Å². The summed E-state index contributed by atoms with van der Waals surface area (Å²) in [6.07, 6.45) is 4.11. The first kappa shape index (κ1) is 13.8. The molecule has 0 radical (unpaired) electrons. The first-order valence-electron chi connectivity index (χ1n) is 6.98. The van der Waals surface area contributed by atoms with Crippen molar-refractivity contribution in [3.8, 4) is 0 Å². The maximum atomic E-state index is 10.6. The Labute approximate surface area is 113 Å². The molecule has 1 unspecified atom stereocenters. The third-order valence-corrected chi connectivity index (χ3v) is 3.59. The third kappa shape index (κ3) is 3.91. The van der Waals surface area contributed by atoms with Gasteiger partial charge >= 0.3 is 5.97 Å². The zero-order valence-corrected chi connectivity index (χ0v) is 11.4. The van der Waals surface area contributed by atoms with Gasteiger partial charge in [0.25, 0.3) is 0 Å². The lowest BCUT2D eigenvalue weighted by molar-refractivity contribution is -0.137. The normalized spacial score (nSPS) is 18.8. The van der Waals surface area contributed by atoms with E-state index in [4.69, 9.17) is 5.11 Å². The highest BCUT2D eigenvalue weighted by Crippen LogP contribution is 2.24. The molecule has 19 heavy (non-hydrogen) atoms. The molecule has 104 valence electrons. The molecule has 0 saturated carbocycles. The lowest BCUT2D eigenvalue weighted by Gasteiger charge is -2.16. The smallest absolute Gasteiger partial charge is 0.303 e. The minimum absolute atomic E-state index is 0.264. The maximum Gasteiger partial charge on any atom is 0.303 e. The molecule has 0 aliphatic carbocycles. The predicted octanol–water partition coefficient (Wildman–Crippen LogP) is 2.12. The van der Waals surface area contributed by atoms with Crippen LogP contribution in [0.2, 0.25) is 0 Å². The van der Waals surface area contributed by atoms with Gasteiger partial charge in [-0.1, -0.05) is 13.3 Å². The van der Waals surface area contributed by atoms with Gasteiger partial charge in [0.2, 0.25) is 0 Å². The van der Waals surface area contributed by atoms with Gasteiger partial charge in [-0.2, -0.15) is 5.10 Å². The van der Waals surface area contributed by atoms with E-state index < -0.39 is 5.97 Å². The minimum atomic E-state index is -0.706. The standard InChI is InChI=1S/C14H21N3O2/c1-2-3-12-5-6-13(16-15-12)17-9-8-11(10-17)4-7-14(18)19/h5-6,11H,2-4,7-10H2,1H3,(H,18,19). The summed E-state index contributed by atoms with van der Waals surface area (Å²) in [6, 6.07) is 4.06. The van der Waals surface area contributed by atoms with Gasteiger partial charge in [-0.3, -0.25) is 4.79 Å². The van der Waals surface area contributed by atoms with Crippen molar-refractivity contribution in [1.82, 2.24) is 10.2 Å². The summed E-state index contributed by atoms with van der Waals surface area (Å²) in [5, 5.41) is 17.2. The number of carboxylic acid groups (broad SMARTS) is 1. The molecule has 1 saturated heterocycles. The first-order chi connectivity index (χ1) is 9.19. The summed E-state index contributed by atoms with van der Waals surface area (Å²) in [5.41, 5.74) is 1.04. The third-order valence-electron chi connectivity index (χ3n) is 3.59. The van der Waals surface area contributed by atoms with E-state index in [0.717, 1.165) is 50.3 Å². The number of carboxylic acids is 1. The second-order valence-electron chi connectivity index (χ2n) is 5.17. The van der Waals surface area contributed by atoms with Crippen LogP contribution in [0.5, 0.6) is 0 Å². The maximum absolute atomic E-state index is 10.6. The number of hydrogen-bond donors (Lipinski definition) is 1. The van der Waals surface area contributed by atoms with Crippen LogP contribution < -0.4 is 4.90 Å². The van der Waals surface area contributed by atoms with Gasteiger partial charge in [-0.05, 0) is 37.3 Å². The number of aryl methyl sites for hydroxylation is 1. The van der Waals surface area contributed by atoms with Crippen molar-refractivity contribution in [3.05, 3.63) is 17.8 Å². The molecule has 0 amide bonds. The molecule has 0 aromatic carbocycles. The lowest BCUT2D eigenvalue weighted by Crippen LogP contribution is -2.21. The number of hydrogen-bond acceptors (Lipinski definition) is 4. The molecule has 1 N–H and O–H groups in total. The average Bonchev–Trinajstić information content (AvgIpc) is 2.86. The Morgan fingerprint density at radius 1 is 1.47 bits per heavy atom. The van der Waals surface area contributed by atoms with Crippen LogP contribution in [-0.2, 0) is 11.2 Å². The van der Waals surface area contributed by atoms with Crippen LogP contribution in [0.3, 0.4) is 0 Å². The van der Waals surface area contributed by atoms with Gasteiger partial charge in [-0.15, -0.1) is 5.10 Å². The number of rotatable bonds is 6. The molecule has 2 rings (SSSR count). The van der Waals surface area contributed by atoms with Crippen LogP contribution >= 0.6 is 0 Å². The van der Waals surface area contributed by atoms with Crippen LogP contribution in [0.4, 0.5) is 5.82 Å². The molecule has 1 atom stereocenters. The molecule has 1 aromatic heterocycles. The largest absolute Gasteiger partial charge is 0.481 e. The fraction of sp³-hybridized carbons (Fsp3) is 0.643. The van der Waals surface area contributed by atoms with Gasteiger partial charge in [0.15, 0.2) is 5.82 Å². The summed E-state index contributed by atoms with van der Waals surface area (Å²) in [7, 11) is 0. The fourth-order valence-corrected chi connectivity index (χ4v) is 2.51. The summed E-state index contributed by atoms with van der Waals surface area (Å²) in [4.78, 5) is 12.8. The lowest BCUT2D eigenvalue weighted by atomic mass is 10.0. The summed E-state index contributed by atoms with van der Waals surface area (Å²) in [5.74, 6) is 0.674. The number of carbonyl (C=O) groups is 1. The second kappa shape index (κ2) is 6.50. The van der Waals surface area contributed by atoms with Crippen molar-refractivity contribution in [2.45, 2.75) is 39.0 Å². The summed E-state index contributed by atoms with van der Waals surface area (Å²) < 4.78 is 0. The molecule has 1 aliphatic rings. The fourth-order valence-electron chi connectivity index (χ4n) is 2.51. The predicted molar refractivity (Wildman–Crippen MR) is 73.2 cm³/mol. The number of anilines is 1. The quantitative estimate of drug-likeness (QED) is 0.851. The Bertz CT molecular complexity index is 419. The zero-order valence-electron chi connectivity index (χ0n) is 11.4. The Hall–Kier alpha value is -1.65. The molecule has 0 bridgehead atoms. The number of aromatic nitrogens is 2. The van der Waals surface area contributed by atoms with Gasteiger partial charge < -0.3 is 10.0 Å². The Kier molecular flexibility index (Phi) is 4.71. The second-order valence-corrected chi connectivity index (χ2v) is 5.17. The average molecular weight is 263 g/mol. The van der Waals surface area contributed by atoms with E-state index in [-0.39, 0.29) is 6.42 Å². The molecule has 5 nitrogen and oxygen atoms in total. The van der Waals surface area contributed by atoms with Crippen LogP contribution in [0.25, 0.3) is 0 Å². The van der Waals surface area contributed by atoms with Crippen LogP contribution in [0, 0.1) is 5.92 Å². The van der Waals surface area contributed by atoms with E-state index in [1.807, 2.05) is 12.1 Å². The highest BCUT2D eigenvalue weighted by molar-refractivity contribution is 5.66. The van der Waals surface area contributed by atoms with Crippen molar-refractivity contribution >= 4 is 11.8 Å². The molecule has 2 heterocycles. The highest BCUT2D eigenvalue weighted by atomic mass is 16.4. The van der Waals surface area contributed by atoms with Crippen LogP contribution in [-0.4, -0.2) is 34.4 Å². The van der Waals surface area contributed by atoms with E-state index in [0.29, 0.717) is 5.92 Å². The minimum Gasteiger partial charge on any atom is -0.481 e. The van der Waals surface area contributed by atoms with Crippen molar-refractivity contribution in [2.24, 2.45) is 5.92 Å². The number of aliphatic carboxylic acids is 1. The SMILES string of the molecule is CCCc1ccc(N2CCC(CCC(=O)O)C2)nn1. The van der Waals surface area contributed by atoms with E-state index in [2.05, 4.69) is 22.0 Å². The van der Waals surface area contributed by atoms with E-state index in [1.54, 1.807) is 0 Å². The molecular weight excluding hydrogens is 242 g/mol. The van der Waals surface area contributed by atoms with E-state index in [1.165, 1.54) is 0 Å². The van der Waals surface area contributed by atoms with Gasteiger partial charge in [0, 0.05) is 19.5 Å². The van der Waals surface area contributed by atoms with Gasteiger partial charge in [0.1, 0.15) is 0 Å². The molecule has 5 heteroatoms.